The average Bonchev–Trinajstić information content (AvgIpc) is 2.04. The largest absolute Gasteiger partial charge is 0.262 e. The summed E-state index contributed by atoms with van der Waals surface area (Å²) in [6, 6.07) is 0. The molecule has 0 radical (unpaired) electrons. The van der Waals surface area contributed by atoms with E-state index in [9.17, 15) is 0 Å². The Hall–Kier alpha value is 0.140. The molecule has 0 aliphatic carbocycles. The van der Waals surface area contributed by atoms with Crippen molar-refractivity contribution in [2.24, 2.45) is 0 Å². The van der Waals surface area contributed by atoms with Crippen LogP contribution in [0.1, 0.15) is 5.56 Å². The standard InChI is InChI=1S/C8H6Br2ClN/c9-7-4-12-5-8(10)6(7)2-1-3-11/h1-2,4-5H,3H2. The van der Waals surface area contributed by atoms with E-state index in [1.807, 2.05) is 12.2 Å². The normalized spacial score (nSPS) is 10.9. The second kappa shape index (κ2) is 5.00. The van der Waals surface area contributed by atoms with Gasteiger partial charge in [0.2, 0.25) is 0 Å². The van der Waals surface area contributed by atoms with Gasteiger partial charge in [0.15, 0.2) is 0 Å². The highest BCUT2D eigenvalue weighted by atomic mass is 79.9. The number of nitrogens with zero attached hydrogens (tertiary/aromatic N) is 1. The van der Waals surface area contributed by atoms with Crippen molar-refractivity contribution < 1.29 is 0 Å². The predicted octanol–water partition coefficient (Wildman–Crippen LogP) is 3.86. The fourth-order valence-corrected chi connectivity index (χ4v) is 2.03. The van der Waals surface area contributed by atoms with Gasteiger partial charge in [-0.2, -0.15) is 0 Å². The molecule has 0 fully saturated rings. The molecule has 0 saturated carbocycles. The maximum absolute atomic E-state index is 5.52. The molecule has 0 unspecified atom stereocenters. The molecular formula is C8H6Br2ClN. The molecule has 1 nitrogen and oxygen atoms in total. The minimum absolute atomic E-state index is 0.515. The van der Waals surface area contributed by atoms with Crippen molar-refractivity contribution >= 4 is 49.5 Å². The minimum atomic E-state index is 0.515. The SMILES string of the molecule is ClCC=Cc1c(Br)cncc1Br. The molecule has 64 valence electrons. The van der Waals surface area contributed by atoms with Crippen LogP contribution in [0.15, 0.2) is 27.4 Å². The fourth-order valence-electron chi connectivity index (χ4n) is 0.743. The molecule has 1 heterocycles. The van der Waals surface area contributed by atoms with Crippen molar-refractivity contribution in [3.63, 3.8) is 0 Å². The van der Waals surface area contributed by atoms with E-state index in [1.165, 1.54) is 0 Å². The molecule has 1 aromatic heterocycles. The summed E-state index contributed by atoms with van der Waals surface area (Å²) in [5, 5.41) is 0. The third-order valence-corrected chi connectivity index (χ3v) is 2.71. The summed E-state index contributed by atoms with van der Waals surface area (Å²) in [5.74, 6) is 0.515. The number of pyridine rings is 1. The molecule has 0 spiro atoms. The van der Waals surface area contributed by atoms with E-state index in [0.717, 1.165) is 14.5 Å². The molecule has 0 aromatic carbocycles. The lowest BCUT2D eigenvalue weighted by Gasteiger charge is -1.99. The summed E-state index contributed by atoms with van der Waals surface area (Å²) < 4.78 is 1.91. The van der Waals surface area contributed by atoms with Crippen molar-refractivity contribution in [1.29, 1.82) is 0 Å². The number of allylic oxidation sites excluding steroid dienone is 1. The van der Waals surface area contributed by atoms with Gasteiger partial charge < -0.3 is 0 Å². The van der Waals surface area contributed by atoms with Crippen molar-refractivity contribution in [2.45, 2.75) is 0 Å². The maximum Gasteiger partial charge on any atom is 0.0442 e. The van der Waals surface area contributed by atoms with Crippen LogP contribution in [-0.4, -0.2) is 10.9 Å². The van der Waals surface area contributed by atoms with Gasteiger partial charge in [-0.15, -0.1) is 11.6 Å². The zero-order valence-corrected chi connectivity index (χ0v) is 10.0. The van der Waals surface area contributed by atoms with Crippen LogP contribution in [0.2, 0.25) is 0 Å². The predicted molar refractivity (Wildman–Crippen MR) is 59.4 cm³/mol. The number of rotatable bonds is 2. The quantitative estimate of drug-likeness (QED) is 0.756. The third-order valence-electron chi connectivity index (χ3n) is 1.26. The average molecular weight is 311 g/mol. The van der Waals surface area contributed by atoms with Gasteiger partial charge in [0, 0.05) is 32.8 Å². The molecule has 0 N–H and O–H groups in total. The van der Waals surface area contributed by atoms with Gasteiger partial charge in [-0.05, 0) is 31.9 Å². The van der Waals surface area contributed by atoms with Crippen LogP contribution in [0.3, 0.4) is 0 Å². The molecule has 12 heavy (non-hydrogen) atoms. The lowest BCUT2D eigenvalue weighted by Crippen LogP contribution is -1.81. The van der Waals surface area contributed by atoms with Crippen LogP contribution in [0.25, 0.3) is 6.08 Å². The second-order valence-corrected chi connectivity index (χ2v) is 4.09. The van der Waals surface area contributed by atoms with Gasteiger partial charge in [0.25, 0.3) is 0 Å². The minimum Gasteiger partial charge on any atom is -0.262 e. The first-order valence-corrected chi connectivity index (χ1v) is 5.39. The zero-order chi connectivity index (χ0) is 8.97. The molecule has 0 aliphatic heterocycles. The zero-order valence-electron chi connectivity index (χ0n) is 6.10. The number of alkyl halides is 1. The lowest BCUT2D eigenvalue weighted by atomic mass is 10.2. The highest BCUT2D eigenvalue weighted by molar-refractivity contribution is 9.11. The molecule has 0 bridgehead atoms. The lowest BCUT2D eigenvalue weighted by molar-refractivity contribution is 1.28. The van der Waals surface area contributed by atoms with Crippen LogP contribution in [-0.2, 0) is 0 Å². The molecule has 0 saturated heterocycles. The third kappa shape index (κ3) is 2.57. The van der Waals surface area contributed by atoms with Crippen molar-refractivity contribution in [1.82, 2.24) is 4.98 Å². The number of aromatic nitrogens is 1. The Morgan fingerprint density at radius 3 is 2.42 bits per heavy atom. The van der Waals surface area contributed by atoms with E-state index < -0.39 is 0 Å². The topological polar surface area (TPSA) is 12.9 Å². The summed E-state index contributed by atoms with van der Waals surface area (Å²) in [6.07, 6.45) is 7.33. The Kier molecular flexibility index (Phi) is 4.26. The summed E-state index contributed by atoms with van der Waals surface area (Å²) >= 11 is 12.3. The van der Waals surface area contributed by atoms with E-state index in [4.69, 9.17) is 11.6 Å². The molecule has 1 aromatic rings. The first-order chi connectivity index (χ1) is 5.75. The highest BCUT2D eigenvalue weighted by Crippen LogP contribution is 2.24. The van der Waals surface area contributed by atoms with Crippen molar-refractivity contribution in [2.75, 3.05) is 5.88 Å². The monoisotopic (exact) mass is 309 g/mol. The van der Waals surface area contributed by atoms with Crippen molar-refractivity contribution in [3.8, 4) is 0 Å². The van der Waals surface area contributed by atoms with Gasteiger partial charge in [-0.3, -0.25) is 4.98 Å². The summed E-state index contributed by atoms with van der Waals surface area (Å²) in [5.41, 5.74) is 1.06. The smallest absolute Gasteiger partial charge is 0.0442 e. The van der Waals surface area contributed by atoms with Crippen LogP contribution in [0.4, 0.5) is 0 Å². The van der Waals surface area contributed by atoms with Gasteiger partial charge in [0.1, 0.15) is 0 Å². The molecular weight excluding hydrogens is 305 g/mol. The number of hydrogen-bond acceptors (Lipinski definition) is 1. The van der Waals surface area contributed by atoms with E-state index in [1.54, 1.807) is 12.4 Å². The summed E-state index contributed by atoms with van der Waals surface area (Å²) in [4.78, 5) is 3.99. The number of halogens is 3. The summed E-state index contributed by atoms with van der Waals surface area (Å²) in [7, 11) is 0. The van der Waals surface area contributed by atoms with Gasteiger partial charge in [-0.1, -0.05) is 12.2 Å². The highest BCUT2D eigenvalue weighted by Gasteiger charge is 1.99. The van der Waals surface area contributed by atoms with E-state index >= 15 is 0 Å². The second-order valence-electron chi connectivity index (χ2n) is 2.07. The molecule has 4 heteroatoms. The molecule has 0 amide bonds. The molecule has 1 rings (SSSR count). The first-order valence-electron chi connectivity index (χ1n) is 3.27. The number of hydrogen-bond donors (Lipinski definition) is 0. The van der Waals surface area contributed by atoms with Crippen LogP contribution >= 0.6 is 43.5 Å². The molecule has 0 atom stereocenters. The van der Waals surface area contributed by atoms with Gasteiger partial charge in [0.05, 0.1) is 0 Å². The fraction of sp³-hybridized carbons (Fsp3) is 0.125. The Balaban J connectivity index is 3.04. The van der Waals surface area contributed by atoms with Crippen LogP contribution < -0.4 is 0 Å². The Morgan fingerprint density at radius 2 is 1.92 bits per heavy atom. The Morgan fingerprint density at radius 1 is 1.33 bits per heavy atom. The van der Waals surface area contributed by atoms with Gasteiger partial charge in [-0.25, -0.2) is 0 Å². The van der Waals surface area contributed by atoms with Crippen LogP contribution in [0, 0.1) is 0 Å². The van der Waals surface area contributed by atoms with Crippen LogP contribution in [0.5, 0.6) is 0 Å². The Labute approximate surface area is 93.1 Å². The summed E-state index contributed by atoms with van der Waals surface area (Å²) in [6.45, 7) is 0. The van der Waals surface area contributed by atoms with E-state index in [-0.39, 0.29) is 0 Å². The van der Waals surface area contributed by atoms with Gasteiger partial charge >= 0.3 is 0 Å². The van der Waals surface area contributed by atoms with E-state index in [0.29, 0.717) is 5.88 Å². The van der Waals surface area contributed by atoms with Crippen molar-refractivity contribution in [3.05, 3.63) is 33.0 Å². The molecule has 0 aliphatic rings. The first kappa shape index (κ1) is 10.2. The Bertz CT molecular complexity index is 279. The van der Waals surface area contributed by atoms with E-state index in [2.05, 4.69) is 36.8 Å². The maximum atomic E-state index is 5.52.